The molecule has 0 spiro atoms. The van der Waals surface area contributed by atoms with Crippen molar-refractivity contribution in [1.29, 1.82) is 0 Å². The van der Waals surface area contributed by atoms with E-state index < -0.39 is 0 Å². The molecule has 0 fully saturated rings. The lowest BCUT2D eigenvalue weighted by atomic mass is 10.2. The topological polar surface area (TPSA) is 64.7 Å². The zero-order valence-corrected chi connectivity index (χ0v) is 16.3. The largest absolute Gasteiger partial charge is 0.347 e. The van der Waals surface area contributed by atoms with Gasteiger partial charge in [-0.3, -0.25) is 4.79 Å². The van der Waals surface area contributed by atoms with Crippen LogP contribution in [0.2, 0.25) is 5.02 Å². The monoisotopic (exact) mass is 409 g/mol. The Balaban J connectivity index is 1.44. The molecule has 1 amide bonds. The fourth-order valence-electron chi connectivity index (χ4n) is 2.97. The smallest absolute Gasteiger partial charge is 0.272 e. The number of benzene rings is 2. The lowest BCUT2D eigenvalue weighted by Crippen LogP contribution is -2.23. The Kier molecular flexibility index (Phi) is 5.14. The highest BCUT2D eigenvalue weighted by Crippen LogP contribution is 2.17. The Morgan fingerprint density at radius 1 is 1.17 bits per heavy atom. The van der Waals surface area contributed by atoms with Gasteiger partial charge >= 0.3 is 0 Å². The summed E-state index contributed by atoms with van der Waals surface area (Å²) >= 11 is 5.99. The van der Waals surface area contributed by atoms with Crippen LogP contribution >= 0.6 is 11.6 Å². The first kappa shape index (κ1) is 18.9. The third kappa shape index (κ3) is 4.05. The van der Waals surface area contributed by atoms with E-state index in [0.29, 0.717) is 22.1 Å². The molecule has 1 N–H and O–H groups in total. The Labute approximate surface area is 171 Å². The number of hydrogen-bond donors (Lipinski definition) is 1. The molecule has 0 aliphatic carbocycles. The molecule has 29 heavy (non-hydrogen) atoms. The lowest BCUT2D eigenvalue weighted by molar-refractivity contribution is 0.0945. The molecule has 0 saturated carbocycles. The van der Waals surface area contributed by atoms with Crippen molar-refractivity contribution >= 4 is 17.5 Å². The van der Waals surface area contributed by atoms with Crippen LogP contribution in [0.25, 0.3) is 11.4 Å². The first-order valence-corrected chi connectivity index (χ1v) is 9.27. The number of rotatable bonds is 5. The maximum absolute atomic E-state index is 14.5. The van der Waals surface area contributed by atoms with Crippen LogP contribution in [0.15, 0.2) is 67.1 Å². The molecule has 0 atom stereocenters. The third-order valence-electron chi connectivity index (χ3n) is 4.44. The van der Waals surface area contributed by atoms with Crippen molar-refractivity contribution in [2.75, 3.05) is 0 Å². The van der Waals surface area contributed by atoms with Crippen molar-refractivity contribution in [1.82, 2.24) is 24.6 Å². The predicted octanol–water partition coefficient (Wildman–Crippen LogP) is 4.09. The van der Waals surface area contributed by atoms with Gasteiger partial charge in [0.2, 0.25) is 0 Å². The fourth-order valence-corrected chi connectivity index (χ4v) is 3.15. The van der Waals surface area contributed by atoms with E-state index in [2.05, 4.69) is 15.4 Å². The molecule has 146 valence electrons. The van der Waals surface area contributed by atoms with Gasteiger partial charge in [-0.25, -0.2) is 14.1 Å². The van der Waals surface area contributed by atoms with Gasteiger partial charge in [0.05, 0.1) is 11.4 Å². The van der Waals surface area contributed by atoms with Gasteiger partial charge in [0.15, 0.2) is 5.69 Å². The van der Waals surface area contributed by atoms with E-state index in [1.165, 1.54) is 6.07 Å². The summed E-state index contributed by atoms with van der Waals surface area (Å²) in [4.78, 5) is 16.5. The minimum Gasteiger partial charge on any atom is -0.347 e. The molecular formula is C21H17ClFN5O. The fraction of sp³-hybridized carbons (Fsp3) is 0.0952. The minimum absolute atomic E-state index is 0.184. The van der Waals surface area contributed by atoms with Gasteiger partial charge in [-0.1, -0.05) is 23.7 Å². The number of carbonyl (C=O) groups is 1. The van der Waals surface area contributed by atoms with Gasteiger partial charge in [-0.05, 0) is 48.9 Å². The van der Waals surface area contributed by atoms with Gasteiger partial charge in [0, 0.05) is 30.2 Å². The number of amides is 1. The minimum atomic E-state index is -0.386. The zero-order valence-electron chi connectivity index (χ0n) is 15.5. The summed E-state index contributed by atoms with van der Waals surface area (Å²) in [7, 11) is 0. The van der Waals surface area contributed by atoms with E-state index in [1.54, 1.807) is 65.1 Å². The molecule has 0 bridgehead atoms. The van der Waals surface area contributed by atoms with E-state index in [-0.39, 0.29) is 24.0 Å². The molecule has 2 aromatic heterocycles. The standard InChI is InChI=1S/C21H17ClFN5O/c1-14-24-8-10-27(14)20-6-5-15(11-18(20)23)13-25-21(29)19-7-9-28(26-19)17-4-2-3-16(22)12-17/h2-12H,13H2,1H3,(H,25,29). The number of hydrogen-bond acceptors (Lipinski definition) is 3. The van der Waals surface area contributed by atoms with Crippen LogP contribution in [0.3, 0.4) is 0 Å². The van der Waals surface area contributed by atoms with Crippen molar-refractivity contribution in [3.63, 3.8) is 0 Å². The Hall–Kier alpha value is -3.45. The van der Waals surface area contributed by atoms with E-state index >= 15 is 0 Å². The van der Waals surface area contributed by atoms with Gasteiger partial charge in [0.25, 0.3) is 5.91 Å². The summed E-state index contributed by atoms with van der Waals surface area (Å²) in [6, 6.07) is 13.6. The van der Waals surface area contributed by atoms with E-state index in [0.717, 1.165) is 5.69 Å². The van der Waals surface area contributed by atoms with E-state index in [1.807, 2.05) is 12.1 Å². The van der Waals surface area contributed by atoms with Crippen LogP contribution in [0.4, 0.5) is 4.39 Å². The third-order valence-corrected chi connectivity index (χ3v) is 4.68. The van der Waals surface area contributed by atoms with E-state index in [9.17, 15) is 9.18 Å². The number of aromatic nitrogens is 4. The zero-order chi connectivity index (χ0) is 20.4. The van der Waals surface area contributed by atoms with Gasteiger partial charge < -0.3 is 9.88 Å². The number of imidazole rings is 1. The molecule has 8 heteroatoms. The number of halogens is 2. The van der Waals surface area contributed by atoms with Crippen molar-refractivity contribution in [3.05, 3.63) is 95.0 Å². The second kappa shape index (κ2) is 7.89. The molecular weight excluding hydrogens is 393 g/mol. The summed E-state index contributed by atoms with van der Waals surface area (Å²) in [5.41, 5.74) is 2.07. The highest BCUT2D eigenvalue weighted by Gasteiger charge is 2.12. The normalized spacial score (nSPS) is 10.9. The Bertz CT molecular complexity index is 1180. The number of nitrogens with one attached hydrogen (secondary N) is 1. The van der Waals surface area contributed by atoms with Crippen molar-refractivity contribution < 1.29 is 9.18 Å². The number of carbonyl (C=O) groups excluding carboxylic acids is 1. The summed E-state index contributed by atoms with van der Waals surface area (Å²) in [6.07, 6.45) is 5.00. The average molecular weight is 410 g/mol. The van der Waals surface area contributed by atoms with Crippen molar-refractivity contribution in [2.24, 2.45) is 0 Å². The second-order valence-electron chi connectivity index (χ2n) is 6.44. The summed E-state index contributed by atoms with van der Waals surface area (Å²) in [5, 5.41) is 7.61. The summed E-state index contributed by atoms with van der Waals surface area (Å²) < 4.78 is 17.7. The second-order valence-corrected chi connectivity index (χ2v) is 6.87. The van der Waals surface area contributed by atoms with E-state index in [4.69, 9.17) is 11.6 Å². The molecule has 2 heterocycles. The lowest BCUT2D eigenvalue weighted by Gasteiger charge is -2.09. The maximum atomic E-state index is 14.5. The maximum Gasteiger partial charge on any atom is 0.272 e. The molecule has 0 aliphatic heterocycles. The van der Waals surface area contributed by atoms with Crippen LogP contribution < -0.4 is 5.32 Å². The molecule has 0 unspecified atom stereocenters. The Morgan fingerprint density at radius 2 is 2.03 bits per heavy atom. The number of aryl methyl sites for hydroxylation is 1. The average Bonchev–Trinajstić information content (AvgIpc) is 3.36. The van der Waals surface area contributed by atoms with Crippen LogP contribution in [0.5, 0.6) is 0 Å². The van der Waals surface area contributed by atoms with Gasteiger partial charge in [-0.2, -0.15) is 5.10 Å². The van der Waals surface area contributed by atoms with Crippen molar-refractivity contribution in [2.45, 2.75) is 13.5 Å². The highest BCUT2D eigenvalue weighted by molar-refractivity contribution is 6.30. The quantitative estimate of drug-likeness (QED) is 0.540. The summed E-state index contributed by atoms with van der Waals surface area (Å²) in [5.74, 6) is -0.0379. The molecule has 4 aromatic rings. The molecule has 4 rings (SSSR count). The summed E-state index contributed by atoms with van der Waals surface area (Å²) in [6.45, 7) is 1.99. The molecule has 0 saturated heterocycles. The first-order chi connectivity index (χ1) is 14.0. The number of nitrogens with zero attached hydrogens (tertiary/aromatic N) is 4. The highest BCUT2D eigenvalue weighted by atomic mass is 35.5. The molecule has 0 radical (unpaired) electrons. The van der Waals surface area contributed by atoms with Gasteiger partial charge in [-0.15, -0.1) is 0 Å². The van der Waals surface area contributed by atoms with Crippen LogP contribution in [-0.2, 0) is 6.54 Å². The molecule has 6 nitrogen and oxygen atoms in total. The van der Waals surface area contributed by atoms with Crippen LogP contribution in [0.1, 0.15) is 21.9 Å². The van der Waals surface area contributed by atoms with Crippen LogP contribution in [0, 0.1) is 12.7 Å². The molecule has 0 aliphatic rings. The Morgan fingerprint density at radius 3 is 2.76 bits per heavy atom. The first-order valence-electron chi connectivity index (χ1n) is 8.90. The molecule has 2 aromatic carbocycles. The van der Waals surface area contributed by atoms with Crippen LogP contribution in [-0.4, -0.2) is 25.2 Å². The van der Waals surface area contributed by atoms with Gasteiger partial charge in [0.1, 0.15) is 11.6 Å². The predicted molar refractivity (Wildman–Crippen MR) is 108 cm³/mol. The van der Waals surface area contributed by atoms with Crippen molar-refractivity contribution in [3.8, 4) is 11.4 Å². The SMILES string of the molecule is Cc1nccn1-c1ccc(CNC(=O)c2ccn(-c3cccc(Cl)c3)n2)cc1F.